The molecule has 0 radical (unpaired) electrons. The topological polar surface area (TPSA) is 55.0 Å². The van der Waals surface area contributed by atoms with Crippen LogP contribution in [-0.4, -0.2) is 29.1 Å². The van der Waals surface area contributed by atoms with Gasteiger partial charge in [0.1, 0.15) is 11.6 Å². The van der Waals surface area contributed by atoms with Crippen molar-refractivity contribution in [3.8, 4) is 11.3 Å². The molecule has 1 aromatic heterocycles. The number of nitrogens with two attached hydrogens (primary N) is 1. The van der Waals surface area contributed by atoms with Gasteiger partial charge in [-0.2, -0.15) is 0 Å². The molecule has 0 bridgehead atoms. The second-order valence-corrected chi connectivity index (χ2v) is 5.98. The lowest BCUT2D eigenvalue weighted by Gasteiger charge is -2.18. The zero-order chi connectivity index (χ0) is 16.7. The molecule has 0 amide bonds. The highest BCUT2D eigenvalue weighted by molar-refractivity contribution is 5.93. The van der Waals surface area contributed by atoms with E-state index >= 15 is 0 Å². The van der Waals surface area contributed by atoms with Gasteiger partial charge in [0.15, 0.2) is 0 Å². The van der Waals surface area contributed by atoms with E-state index in [2.05, 4.69) is 9.97 Å². The van der Waals surface area contributed by atoms with Crippen molar-refractivity contribution in [3.63, 3.8) is 0 Å². The average Bonchev–Trinajstić information content (AvgIpc) is 3.01. The van der Waals surface area contributed by atoms with Crippen LogP contribution in [-0.2, 0) is 0 Å². The van der Waals surface area contributed by atoms with Gasteiger partial charge in [-0.15, -0.1) is 0 Å². The molecular formula is C18H16F2N4. The van der Waals surface area contributed by atoms with E-state index in [0.29, 0.717) is 23.4 Å². The molecular weight excluding hydrogens is 310 g/mol. The first-order chi connectivity index (χ1) is 11.6. The Morgan fingerprint density at radius 1 is 1.00 bits per heavy atom. The molecule has 1 fully saturated rings. The SMILES string of the molecule is N[C@@H]1CCN(c2nc(-c3c(F)cccc3F)c3ccccc3n2)C1. The number of anilines is 1. The normalized spacial score (nSPS) is 17.6. The Morgan fingerprint density at radius 2 is 1.75 bits per heavy atom. The molecule has 1 aliphatic heterocycles. The number of halogens is 2. The Labute approximate surface area is 137 Å². The molecule has 0 saturated carbocycles. The van der Waals surface area contributed by atoms with E-state index in [9.17, 15) is 8.78 Å². The van der Waals surface area contributed by atoms with Crippen LogP contribution in [0.3, 0.4) is 0 Å². The van der Waals surface area contributed by atoms with Crippen molar-refractivity contribution in [2.24, 2.45) is 5.73 Å². The van der Waals surface area contributed by atoms with Gasteiger partial charge < -0.3 is 10.6 Å². The molecule has 6 heteroatoms. The summed E-state index contributed by atoms with van der Waals surface area (Å²) in [6.07, 6.45) is 0.847. The minimum atomic E-state index is -0.636. The van der Waals surface area contributed by atoms with Gasteiger partial charge in [-0.1, -0.05) is 24.3 Å². The number of para-hydroxylation sites is 1. The van der Waals surface area contributed by atoms with Gasteiger partial charge in [0.05, 0.1) is 16.8 Å². The summed E-state index contributed by atoms with van der Waals surface area (Å²) in [7, 11) is 0. The van der Waals surface area contributed by atoms with Crippen molar-refractivity contribution in [3.05, 3.63) is 54.1 Å². The lowest BCUT2D eigenvalue weighted by atomic mass is 10.1. The standard InChI is InChI=1S/C18H16F2N4/c19-13-5-3-6-14(20)16(13)17-12-4-1-2-7-15(12)22-18(23-17)24-9-8-11(21)10-24/h1-7,11H,8-10,21H2/t11-/m1/s1. The fourth-order valence-corrected chi connectivity index (χ4v) is 3.09. The maximum atomic E-state index is 14.3. The largest absolute Gasteiger partial charge is 0.339 e. The van der Waals surface area contributed by atoms with Crippen LogP contribution in [0, 0.1) is 11.6 Å². The quantitative estimate of drug-likeness (QED) is 0.786. The summed E-state index contributed by atoms with van der Waals surface area (Å²) in [5, 5.41) is 0.619. The zero-order valence-electron chi connectivity index (χ0n) is 12.9. The van der Waals surface area contributed by atoms with Crippen molar-refractivity contribution in [2.45, 2.75) is 12.5 Å². The lowest BCUT2D eigenvalue weighted by Crippen LogP contribution is -2.27. The zero-order valence-corrected chi connectivity index (χ0v) is 12.9. The number of benzene rings is 2. The summed E-state index contributed by atoms with van der Waals surface area (Å²) in [5.41, 5.74) is 6.75. The van der Waals surface area contributed by atoms with Crippen LogP contribution in [0.1, 0.15) is 6.42 Å². The highest BCUT2D eigenvalue weighted by Gasteiger charge is 2.24. The molecule has 1 atom stereocenters. The minimum absolute atomic E-state index is 0.0636. The van der Waals surface area contributed by atoms with E-state index in [1.807, 2.05) is 17.0 Å². The molecule has 4 rings (SSSR count). The molecule has 2 aromatic carbocycles. The average molecular weight is 326 g/mol. The van der Waals surface area contributed by atoms with Gasteiger partial charge in [-0.25, -0.2) is 18.7 Å². The molecule has 0 spiro atoms. The third-order valence-corrected chi connectivity index (χ3v) is 4.30. The molecule has 0 aliphatic carbocycles. The summed E-state index contributed by atoms with van der Waals surface area (Å²) < 4.78 is 28.6. The number of aromatic nitrogens is 2. The van der Waals surface area contributed by atoms with E-state index in [-0.39, 0.29) is 17.3 Å². The molecule has 4 nitrogen and oxygen atoms in total. The van der Waals surface area contributed by atoms with Crippen molar-refractivity contribution in [2.75, 3.05) is 18.0 Å². The van der Waals surface area contributed by atoms with E-state index in [4.69, 9.17) is 5.73 Å². The van der Waals surface area contributed by atoms with Crippen LogP contribution >= 0.6 is 0 Å². The first-order valence-corrected chi connectivity index (χ1v) is 7.85. The fourth-order valence-electron chi connectivity index (χ4n) is 3.09. The lowest BCUT2D eigenvalue weighted by molar-refractivity contribution is 0.589. The van der Waals surface area contributed by atoms with Crippen molar-refractivity contribution in [1.82, 2.24) is 9.97 Å². The van der Waals surface area contributed by atoms with Gasteiger partial charge in [-0.3, -0.25) is 0 Å². The molecule has 24 heavy (non-hydrogen) atoms. The van der Waals surface area contributed by atoms with Gasteiger partial charge in [0.25, 0.3) is 0 Å². The Bertz CT molecular complexity index is 892. The highest BCUT2D eigenvalue weighted by atomic mass is 19.1. The van der Waals surface area contributed by atoms with Crippen LogP contribution in [0.25, 0.3) is 22.2 Å². The predicted octanol–water partition coefficient (Wildman–Crippen LogP) is 3.11. The molecule has 1 aliphatic rings. The third-order valence-electron chi connectivity index (χ3n) is 4.30. The van der Waals surface area contributed by atoms with E-state index in [0.717, 1.165) is 13.0 Å². The summed E-state index contributed by atoms with van der Waals surface area (Å²) >= 11 is 0. The van der Waals surface area contributed by atoms with Crippen LogP contribution in [0.15, 0.2) is 42.5 Å². The van der Waals surface area contributed by atoms with E-state index in [1.165, 1.54) is 18.2 Å². The van der Waals surface area contributed by atoms with Crippen LogP contribution in [0.2, 0.25) is 0 Å². The Balaban J connectivity index is 1.96. The second kappa shape index (κ2) is 5.79. The third kappa shape index (κ3) is 2.49. The monoisotopic (exact) mass is 326 g/mol. The Morgan fingerprint density at radius 3 is 2.46 bits per heavy atom. The number of fused-ring (bicyclic) bond motifs is 1. The predicted molar refractivity (Wildman–Crippen MR) is 89.7 cm³/mol. The molecule has 2 heterocycles. The van der Waals surface area contributed by atoms with Crippen LogP contribution in [0.5, 0.6) is 0 Å². The van der Waals surface area contributed by atoms with Crippen molar-refractivity contribution >= 4 is 16.9 Å². The first kappa shape index (κ1) is 15.0. The maximum Gasteiger partial charge on any atom is 0.226 e. The van der Waals surface area contributed by atoms with E-state index in [1.54, 1.807) is 12.1 Å². The van der Waals surface area contributed by atoms with Gasteiger partial charge in [-0.05, 0) is 24.6 Å². The van der Waals surface area contributed by atoms with Crippen LogP contribution < -0.4 is 10.6 Å². The van der Waals surface area contributed by atoms with Gasteiger partial charge in [0.2, 0.25) is 5.95 Å². The molecule has 2 N–H and O–H groups in total. The van der Waals surface area contributed by atoms with Gasteiger partial charge in [0, 0.05) is 24.5 Å². The molecule has 122 valence electrons. The summed E-state index contributed by atoms with van der Waals surface area (Å²) in [5.74, 6) is -0.815. The number of hydrogen-bond donors (Lipinski definition) is 1. The molecule has 0 unspecified atom stereocenters. The second-order valence-electron chi connectivity index (χ2n) is 5.98. The number of rotatable bonds is 2. The smallest absolute Gasteiger partial charge is 0.226 e. The first-order valence-electron chi connectivity index (χ1n) is 7.85. The maximum absolute atomic E-state index is 14.3. The number of hydrogen-bond acceptors (Lipinski definition) is 4. The van der Waals surface area contributed by atoms with Crippen molar-refractivity contribution in [1.29, 1.82) is 0 Å². The minimum Gasteiger partial charge on any atom is -0.339 e. The van der Waals surface area contributed by atoms with Crippen molar-refractivity contribution < 1.29 is 8.78 Å². The molecule has 3 aromatic rings. The van der Waals surface area contributed by atoms with Crippen LogP contribution in [0.4, 0.5) is 14.7 Å². The molecule has 1 saturated heterocycles. The summed E-state index contributed by atoms with van der Waals surface area (Å²) in [6.45, 7) is 1.37. The fraction of sp³-hybridized carbons (Fsp3) is 0.222. The highest BCUT2D eigenvalue weighted by Crippen LogP contribution is 2.32. The van der Waals surface area contributed by atoms with E-state index < -0.39 is 11.6 Å². The Hall–Kier alpha value is -2.60. The summed E-state index contributed by atoms with van der Waals surface area (Å²) in [4.78, 5) is 11.0. The number of nitrogens with zero attached hydrogens (tertiary/aromatic N) is 3. The summed E-state index contributed by atoms with van der Waals surface area (Å²) in [6, 6.07) is 11.1. The van der Waals surface area contributed by atoms with Gasteiger partial charge >= 0.3 is 0 Å². The Kier molecular flexibility index (Phi) is 3.61.